The summed E-state index contributed by atoms with van der Waals surface area (Å²) in [4.78, 5) is 0. The molecule has 0 amide bonds. The van der Waals surface area contributed by atoms with Gasteiger partial charge in [-0.25, -0.2) is 9.44 Å². The van der Waals surface area contributed by atoms with Crippen LogP contribution in [0.15, 0.2) is 0 Å². The Bertz CT molecular complexity index is 249. The second-order valence-electron chi connectivity index (χ2n) is 2.57. The zero-order chi connectivity index (χ0) is 10.3. The Balaban J connectivity index is 3.70. The Labute approximate surface area is 78.6 Å². The Morgan fingerprint density at radius 2 is 1.92 bits per heavy atom. The predicted octanol–water partition coefficient (Wildman–Crippen LogP) is -0.854. The van der Waals surface area contributed by atoms with Crippen molar-refractivity contribution >= 4 is 16.0 Å². The summed E-state index contributed by atoms with van der Waals surface area (Å²) in [6.07, 6.45) is 0.973. The maximum Gasteiger partial charge on any atom is 0.276 e. The van der Waals surface area contributed by atoms with Crippen LogP contribution in [0, 0.1) is 5.41 Å². The molecular formula is C6H16N4O2S. The molecule has 0 aromatic rings. The minimum Gasteiger partial charge on any atom is -0.388 e. The van der Waals surface area contributed by atoms with E-state index in [4.69, 9.17) is 11.1 Å². The molecule has 0 aromatic heterocycles. The van der Waals surface area contributed by atoms with E-state index in [1.165, 1.54) is 0 Å². The number of rotatable bonds is 7. The van der Waals surface area contributed by atoms with E-state index in [2.05, 4.69) is 9.44 Å². The van der Waals surface area contributed by atoms with E-state index >= 15 is 0 Å². The third-order valence-corrected chi connectivity index (χ3v) is 2.40. The SMILES string of the molecule is CCCNS(=O)(=O)NCCC(=N)N. The summed E-state index contributed by atoms with van der Waals surface area (Å²) < 4.78 is 26.7. The minimum absolute atomic E-state index is 0.0295. The lowest BCUT2D eigenvalue weighted by Crippen LogP contribution is -2.38. The first-order valence-electron chi connectivity index (χ1n) is 4.05. The lowest BCUT2D eigenvalue weighted by Gasteiger charge is -2.06. The average Bonchev–Trinajstić information content (AvgIpc) is 2.00. The van der Waals surface area contributed by atoms with E-state index in [0.717, 1.165) is 6.42 Å². The highest BCUT2D eigenvalue weighted by atomic mass is 32.2. The number of hydrogen-bond donors (Lipinski definition) is 4. The Morgan fingerprint density at radius 3 is 2.38 bits per heavy atom. The topological polar surface area (TPSA) is 108 Å². The lowest BCUT2D eigenvalue weighted by molar-refractivity contribution is 0.567. The molecule has 0 aliphatic rings. The molecule has 0 heterocycles. The minimum atomic E-state index is -3.39. The van der Waals surface area contributed by atoms with Crippen LogP contribution in [0.1, 0.15) is 19.8 Å². The van der Waals surface area contributed by atoms with Gasteiger partial charge in [0.05, 0.1) is 5.84 Å². The number of nitrogens with one attached hydrogen (secondary N) is 3. The normalized spacial score (nSPS) is 11.5. The van der Waals surface area contributed by atoms with Gasteiger partial charge in [-0.2, -0.15) is 8.42 Å². The summed E-state index contributed by atoms with van der Waals surface area (Å²) >= 11 is 0. The van der Waals surface area contributed by atoms with Gasteiger partial charge in [-0.3, -0.25) is 5.41 Å². The Hall–Kier alpha value is -0.660. The number of amidine groups is 1. The highest BCUT2D eigenvalue weighted by Crippen LogP contribution is 1.81. The second kappa shape index (κ2) is 5.90. The van der Waals surface area contributed by atoms with Gasteiger partial charge >= 0.3 is 0 Å². The molecule has 0 bridgehead atoms. The quantitative estimate of drug-likeness (QED) is 0.323. The predicted molar refractivity (Wildman–Crippen MR) is 51.7 cm³/mol. The largest absolute Gasteiger partial charge is 0.388 e. The lowest BCUT2D eigenvalue weighted by atomic mass is 10.4. The third-order valence-electron chi connectivity index (χ3n) is 1.23. The first kappa shape index (κ1) is 12.3. The highest BCUT2D eigenvalue weighted by Gasteiger charge is 2.06. The molecule has 13 heavy (non-hydrogen) atoms. The van der Waals surface area contributed by atoms with E-state index in [1.54, 1.807) is 0 Å². The molecule has 78 valence electrons. The van der Waals surface area contributed by atoms with Gasteiger partial charge in [-0.05, 0) is 6.42 Å². The van der Waals surface area contributed by atoms with Crippen LogP contribution in [0.5, 0.6) is 0 Å². The van der Waals surface area contributed by atoms with Crippen LogP contribution < -0.4 is 15.2 Å². The van der Waals surface area contributed by atoms with Gasteiger partial charge in [0.1, 0.15) is 0 Å². The van der Waals surface area contributed by atoms with Crippen LogP contribution in [0.3, 0.4) is 0 Å². The second-order valence-corrected chi connectivity index (χ2v) is 4.15. The maximum atomic E-state index is 11.0. The zero-order valence-corrected chi connectivity index (χ0v) is 8.45. The van der Waals surface area contributed by atoms with Crippen LogP contribution in [0.25, 0.3) is 0 Å². The molecular weight excluding hydrogens is 192 g/mol. The van der Waals surface area contributed by atoms with Crippen molar-refractivity contribution in [3.63, 3.8) is 0 Å². The number of hydrogen-bond acceptors (Lipinski definition) is 3. The van der Waals surface area contributed by atoms with Crippen molar-refractivity contribution in [2.45, 2.75) is 19.8 Å². The highest BCUT2D eigenvalue weighted by molar-refractivity contribution is 7.87. The summed E-state index contributed by atoms with van der Waals surface area (Å²) in [5.41, 5.74) is 5.05. The molecule has 0 unspecified atom stereocenters. The van der Waals surface area contributed by atoms with Crippen molar-refractivity contribution in [2.24, 2.45) is 5.73 Å². The van der Waals surface area contributed by atoms with E-state index in [0.29, 0.717) is 6.54 Å². The van der Waals surface area contributed by atoms with Crippen molar-refractivity contribution in [3.05, 3.63) is 0 Å². The summed E-state index contributed by atoms with van der Waals surface area (Å²) in [5, 5.41) is 6.86. The Kier molecular flexibility index (Phi) is 5.60. The summed E-state index contributed by atoms with van der Waals surface area (Å²) in [5.74, 6) is -0.0295. The number of nitrogens with two attached hydrogens (primary N) is 1. The molecule has 0 aliphatic heterocycles. The summed E-state index contributed by atoms with van der Waals surface area (Å²) in [6, 6.07) is 0. The van der Waals surface area contributed by atoms with Gasteiger partial charge in [-0.1, -0.05) is 6.92 Å². The van der Waals surface area contributed by atoms with Crippen LogP contribution in [-0.2, 0) is 10.2 Å². The van der Waals surface area contributed by atoms with Crippen LogP contribution in [-0.4, -0.2) is 27.3 Å². The molecule has 0 radical (unpaired) electrons. The maximum absolute atomic E-state index is 11.0. The van der Waals surface area contributed by atoms with Crippen molar-refractivity contribution in [3.8, 4) is 0 Å². The molecule has 0 aromatic carbocycles. The van der Waals surface area contributed by atoms with Crippen molar-refractivity contribution in [1.82, 2.24) is 9.44 Å². The summed E-state index contributed by atoms with van der Waals surface area (Å²) in [7, 11) is -3.39. The molecule has 0 fully saturated rings. The summed E-state index contributed by atoms with van der Waals surface area (Å²) in [6.45, 7) is 2.45. The molecule has 5 N–H and O–H groups in total. The van der Waals surface area contributed by atoms with Crippen molar-refractivity contribution < 1.29 is 8.42 Å². The molecule has 7 heteroatoms. The van der Waals surface area contributed by atoms with Crippen LogP contribution in [0.4, 0.5) is 0 Å². The fraction of sp³-hybridized carbons (Fsp3) is 0.833. The standard InChI is InChI=1S/C6H16N4O2S/c1-2-4-9-13(11,12)10-5-3-6(7)8/h9-10H,2-5H2,1H3,(H3,7,8). The third kappa shape index (κ3) is 7.69. The van der Waals surface area contributed by atoms with Gasteiger partial charge in [0, 0.05) is 19.5 Å². The van der Waals surface area contributed by atoms with Crippen LogP contribution >= 0.6 is 0 Å². The molecule has 0 aliphatic carbocycles. The molecule has 0 saturated carbocycles. The average molecular weight is 208 g/mol. The first-order valence-corrected chi connectivity index (χ1v) is 5.53. The van der Waals surface area contributed by atoms with E-state index in [1.807, 2.05) is 6.92 Å². The fourth-order valence-corrected chi connectivity index (χ4v) is 1.55. The van der Waals surface area contributed by atoms with Gasteiger partial charge in [0.25, 0.3) is 10.2 Å². The van der Waals surface area contributed by atoms with Gasteiger partial charge in [0.2, 0.25) is 0 Å². The van der Waals surface area contributed by atoms with Gasteiger partial charge in [0.15, 0.2) is 0 Å². The monoisotopic (exact) mass is 208 g/mol. The Morgan fingerprint density at radius 1 is 1.38 bits per heavy atom. The molecule has 0 spiro atoms. The molecule has 0 rings (SSSR count). The van der Waals surface area contributed by atoms with E-state index in [-0.39, 0.29) is 18.8 Å². The molecule has 0 saturated heterocycles. The fourth-order valence-electron chi connectivity index (χ4n) is 0.608. The van der Waals surface area contributed by atoms with Gasteiger partial charge < -0.3 is 5.73 Å². The van der Waals surface area contributed by atoms with E-state index in [9.17, 15) is 8.42 Å². The van der Waals surface area contributed by atoms with Gasteiger partial charge in [-0.15, -0.1) is 0 Å². The molecule has 0 atom stereocenters. The van der Waals surface area contributed by atoms with E-state index < -0.39 is 10.2 Å². The zero-order valence-electron chi connectivity index (χ0n) is 7.63. The van der Waals surface area contributed by atoms with Crippen molar-refractivity contribution in [2.75, 3.05) is 13.1 Å². The van der Waals surface area contributed by atoms with Crippen LogP contribution in [0.2, 0.25) is 0 Å². The molecule has 6 nitrogen and oxygen atoms in total. The smallest absolute Gasteiger partial charge is 0.276 e. The van der Waals surface area contributed by atoms with Crippen molar-refractivity contribution in [1.29, 1.82) is 5.41 Å². The first-order chi connectivity index (χ1) is 5.98.